The van der Waals surface area contributed by atoms with Crippen LogP contribution in [0.2, 0.25) is 0 Å². The second-order valence-electron chi connectivity index (χ2n) is 4.52. The lowest BCUT2D eigenvalue weighted by Gasteiger charge is -2.15. The fourth-order valence-corrected chi connectivity index (χ4v) is 2.01. The summed E-state index contributed by atoms with van der Waals surface area (Å²) in [5.41, 5.74) is 0.934. The van der Waals surface area contributed by atoms with E-state index in [0.29, 0.717) is 11.7 Å². The molecule has 1 aromatic heterocycles. The van der Waals surface area contributed by atoms with E-state index in [2.05, 4.69) is 28.9 Å². The SMILES string of the molecule is CCN(CC)CCc1nc(-c2ccc(OC)cc2)no1.Cl. The molecule has 116 valence electrons. The molecule has 0 fully saturated rings. The summed E-state index contributed by atoms with van der Waals surface area (Å²) in [4.78, 5) is 6.76. The Morgan fingerprint density at radius 1 is 1.14 bits per heavy atom. The van der Waals surface area contributed by atoms with Gasteiger partial charge in [0.05, 0.1) is 7.11 Å². The van der Waals surface area contributed by atoms with E-state index in [1.54, 1.807) is 7.11 Å². The predicted molar refractivity (Wildman–Crippen MR) is 85.0 cm³/mol. The van der Waals surface area contributed by atoms with Crippen molar-refractivity contribution in [3.8, 4) is 17.1 Å². The van der Waals surface area contributed by atoms with Gasteiger partial charge in [-0.2, -0.15) is 4.98 Å². The van der Waals surface area contributed by atoms with Gasteiger partial charge in [-0.25, -0.2) is 0 Å². The Labute approximate surface area is 131 Å². The first-order valence-electron chi connectivity index (χ1n) is 6.96. The molecular formula is C15H22ClN3O2. The monoisotopic (exact) mass is 311 g/mol. The summed E-state index contributed by atoms with van der Waals surface area (Å²) in [5, 5.41) is 4.03. The molecule has 0 aliphatic heterocycles. The van der Waals surface area contributed by atoms with Crippen molar-refractivity contribution in [2.45, 2.75) is 20.3 Å². The first-order chi connectivity index (χ1) is 9.76. The highest BCUT2D eigenvalue weighted by Gasteiger charge is 2.09. The van der Waals surface area contributed by atoms with Gasteiger partial charge in [0.1, 0.15) is 5.75 Å². The Bertz CT molecular complexity index is 524. The van der Waals surface area contributed by atoms with Gasteiger partial charge in [0.15, 0.2) is 0 Å². The molecule has 0 saturated heterocycles. The zero-order valence-electron chi connectivity index (χ0n) is 12.7. The molecule has 2 rings (SSSR count). The minimum Gasteiger partial charge on any atom is -0.497 e. The van der Waals surface area contributed by atoms with Crippen molar-refractivity contribution in [2.75, 3.05) is 26.7 Å². The summed E-state index contributed by atoms with van der Waals surface area (Å²) in [6.45, 7) is 7.32. The molecule has 21 heavy (non-hydrogen) atoms. The molecule has 5 nitrogen and oxygen atoms in total. The summed E-state index contributed by atoms with van der Waals surface area (Å²) < 4.78 is 10.4. The second kappa shape index (κ2) is 8.64. The quantitative estimate of drug-likeness (QED) is 0.786. The topological polar surface area (TPSA) is 51.4 Å². The van der Waals surface area contributed by atoms with E-state index >= 15 is 0 Å². The molecular weight excluding hydrogens is 290 g/mol. The number of benzene rings is 1. The van der Waals surface area contributed by atoms with Crippen LogP contribution in [-0.4, -0.2) is 41.8 Å². The van der Waals surface area contributed by atoms with Crippen LogP contribution in [0, 0.1) is 0 Å². The minimum absolute atomic E-state index is 0. The number of methoxy groups -OCH3 is 1. The highest BCUT2D eigenvalue weighted by Crippen LogP contribution is 2.19. The third-order valence-corrected chi connectivity index (χ3v) is 3.35. The molecule has 0 atom stereocenters. The number of rotatable bonds is 7. The van der Waals surface area contributed by atoms with Crippen molar-refractivity contribution in [1.29, 1.82) is 0 Å². The first kappa shape index (κ1) is 17.5. The van der Waals surface area contributed by atoms with Crippen LogP contribution >= 0.6 is 12.4 Å². The minimum atomic E-state index is 0. The molecule has 1 heterocycles. The Balaban J connectivity index is 0.00000220. The molecule has 0 aliphatic rings. The van der Waals surface area contributed by atoms with Gasteiger partial charge < -0.3 is 14.2 Å². The fourth-order valence-electron chi connectivity index (χ4n) is 2.01. The average Bonchev–Trinajstić information content (AvgIpc) is 2.97. The Morgan fingerprint density at radius 3 is 2.38 bits per heavy atom. The van der Waals surface area contributed by atoms with Crippen molar-refractivity contribution in [1.82, 2.24) is 15.0 Å². The molecule has 0 N–H and O–H groups in total. The Hall–Kier alpha value is -1.59. The Morgan fingerprint density at radius 2 is 1.81 bits per heavy atom. The molecule has 0 unspecified atom stereocenters. The van der Waals surface area contributed by atoms with E-state index in [-0.39, 0.29) is 12.4 Å². The van der Waals surface area contributed by atoms with Gasteiger partial charge in [0, 0.05) is 18.5 Å². The van der Waals surface area contributed by atoms with Crippen molar-refractivity contribution >= 4 is 12.4 Å². The van der Waals surface area contributed by atoms with Crippen LogP contribution in [0.4, 0.5) is 0 Å². The summed E-state index contributed by atoms with van der Waals surface area (Å²) in [7, 11) is 1.65. The van der Waals surface area contributed by atoms with Crippen molar-refractivity contribution in [3.63, 3.8) is 0 Å². The molecule has 0 aliphatic carbocycles. The summed E-state index contributed by atoms with van der Waals surface area (Å²) in [5.74, 6) is 2.13. The molecule has 1 aromatic carbocycles. The lowest BCUT2D eigenvalue weighted by Crippen LogP contribution is -2.25. The van der Waals surface area contributed by atoms with Gasteiger partial charge >= 0.3 is 0 Å². The van der Waals surface area contributed by atoms with Gasteiger partial charge in [-0.1, -0.05) is 19.0 Å². The van der Waals surface area contributed by atoms with Crippen LogP contribution in [0.5, 0.6) is 5.75 Å². The maximum absolute atomic E-state index is 5.30. The van der Waals surface area contributed by atoms with E-state index in [1.807, 2.05) is 24.3 Å². The van der Waals surface area contributed by atoms with E-state index in [0.717, 1.165) is 37.4 Å². The summed E-state index contributed by atoms with van der Waals surface area (Å²) in [6, 6.07) is 7.64. The molecule has 0 amide bonds. The van der Waals surface area contributed by atoms with E-state index in [9.17, 15) is 0 Å². The third kappa shape index (κ3) is 4.72. The smallest absolute Gasteiger partial charge is 0.228 e. The molecule has 0 bridgehead atoms. The maximum atomic E-state index is 5.30. The summed E-state index contributed by atoms with van der Waals surface area (Å²) >= 11 is 0. The zero-order valence-corrected chi connectivity index (χ0v) is 13.5. The number of nitrogens with zero attached hydrogens (tertiary/aromatic N) is 3. The average molecular weight is 312 g/mol. The second-order valence-corrected chi connectivity index (χ2v) is 4.52. The Kier molecular flexibility index (Phi) is 7.19. The normalized spacial score (nSPS) is 10.5. The summed E-state index contributed by atoms with van der Waals surface area (Å²) in [6.07, 6.45) is 0.783. The van der Waals surface area contributed by atoms with Gasteiger partial charge in [0.2, 0.25) is 11.7 Å². The van der Waals surface area contributed by atoms with Crippen molar-refractivity contribution in [2.24, 2.45) is 0 Å². The highest BCUT2D eigenvalue weighted by atomic mass is 35.5. The van der Waals surface area contributed by atoms with E-state index in [4.69, 9.17) is 9.26 Å². The molecule has 6 heteroatoms. The van der Waals surface area contributed by atoms with Crippen LogP contribution in [0.1, 0.15) is 19.7 Å². The number of hydrogen-bond donors (Lipinski definition) is 0. The zero-order chi connectivity index (χ0) is 14.4. The number of aromatic nitrogens is 2. The van der Waals surface area contributed by atoms with Crippen LogP contribution in [0.3, 0.4) is 0 Å². The van der Waals surface area contributed by atoms with Crippen LogP contribution < -0.4 is 4.74 Å². The molecule has 2 aromatic rings. The number of hydrogen-bond acceptors (Lipinski definition) is 5. The highest BCUT2D eigenvalue weighted by molar-refractivity contribution is 5.85. The number of likely N-dealkylation sites (N-methyl/N-ethyl adjacent to an activating group) is 1. The maximum Gasteiger partial charge on any atom is 0.228 e. The largest absolute Gasteiger partial charge is 0.497 e. The van der Waals surface area contributed by atoms with Gasteiger partial charge in [-0.05, 0) is 37.4 Å². The number of halogens is 1. The van der Waals surface area contributed by atoms with Crippen LogP contribution in [-0.2, 0) is 6.42 Å². The first-order valence-corrected chi connectivity index (χ1v) is 6.96. The molecule has 0 spiro atoms. The number of ether oxygens (including phenoxy) is 1. The predicted octanol–water partition coefficient (Wildman–Crippen LogP) is 3.05. The van der Waals surface area contributed by atoms with Crippen molar-refractivity contribution in [3.05, 3.63) is 30.2 Å². The van der Waals surface area contributed by atoms with E-state index in [1.165, 1.54) is 0 Å². The van der Waals surface area contributed by atoms with E-state index < -0.39 is 0 Å². The van der Waals surface area contributed by atoms with Gasteiger partial charge in [-0.3, -0.25) is 0 Å². The van der Waals surface area contributed by atoms with Crippen molar-refractivity contribution < 1.29 is 9.26 Å². The lowest BCUT2D eigenvalue weighted by molar-refractivity contribution is 0.287. The van der Waals surface area contributed by atoms with Crippen LogP contribution in [0.25, 0.3) is 11.4 Å². The lowest BCUT2D eigenvalue weighted by atomic mass is 10.2. The molecule has 0 saturated carbocycles. The fraction of sp³-hybridized carbons (Fsp3) is 0.467. The standard InChI is InChI=1S/C15H21N3O2.ClH/c1-4-18(5-2)11-10-14-16-15(17-20-14)12-6-8-13(19-3)9-7-12;/h6-9H,4-5,10-11H2,1-3H3;1H. The third-order valence-electron chi connectivity index (χ3n) is 3.35. The van der Waals surface area contributed by atoms with Gasteiger partial charge in [-0.15, -0.1) is 12.4 Å². The van der Waals surface area contributed by atoms with Gasteiger partial charge in [0.25, 0.3) is 0 Å². The molecule has 0 radical (unpaired) electrons. The van der Waals surface area contributed by atoms with Crippen LogP contribution in [0.15, 0.2) is 28.8 Å².